The minimum atomic E-state index is -1.06. The van der Waals surface area contributed by atoms with Crippen LogP contribution < -0.4 is 0 Å². The summed E-state index contributed by atoms with van der Waals surface area (Å²) >= 11 is 0. The monoisotopic (exact) mass is 228 g/mol. The molecule has 1 heterocycles. The molecule has 2 N–H and O–H groups in total. The van der Waals surface area contributed by atoms with Crippen molar-refractivity contribution in [1.82, 2.24) is 0 Å². The zero-order valence-electron chi connectivity index (χ0n) is 9.57. The van der Waals surface area contributed by atoms with Crippen molar-refractivity contribution in [2.24, 2.45) is 5.41 Å². The van der Waals surface area contributed by atoms with Gasteiger partial charge in [-0.1, -0.05) is 12.8 Å². The molecule has 1 saturated heterocycles. The summed E-state index contributed by atoms with van der Waals surface area (Å²) in [5.41, 5.74) is -1.98. The van der Waals surface area contributed by atoms with Gasteiger partial charge in [0.05, 0.1) is 11.0 Å². The van der Waals surface area contributed by atoms with Gasteiger partial charge in [0, 0.05) is 19.6 Å². The lowest BCUT2D eigenvalue weighted by atomic mass is 9.67. The number of aliphatic carboxylic acids is 1. The molecule has 0 spiro atoms. The van der Waals surface area contributed by atoms with E-state index in [4.69, 9.17) is 4.74 Å². The van der Waals surface area contributed by atoms with Crippen molar-refractivity contribution in [2.75, 3.05) is 13.2 Å². The molecule has 2 rings (SSSR count). The van der Waals surface area contributed by atoms with Crippen LogP contribution in [-0.4, -0.2) is 35.0 Å². The first-order valence-corrected chi connectivity index (χ1v) is 6.14. The van der Waals surface area contributed by atoms with E-state index in [1.165, 1.54) is 0 Å². The maximum Gasteiger partial charge on any atom is 0.312 e. The van der Waals surface area contributed by atoms with E-state index in [-0.39, 0.29) is 0 Å². The molecule has 1 unspecified atom stereocenters. The van der Waals surface area contributed by atoms with Crippen LogP contribution in [0, 0.1) is 5.41 Å². The summed E-state index contributed by atoms with van der Waals surface area (Å²) in [6.07, 6.45) is 4.81. The van der Waals surface area contributed by atoms with Crippen LogP contribution in [0.4, 0.5) is 0 Å². The van der Waals surface area contributed by atoms with E-state index in [9.17, 15) is 15.0 Å². The molecule has 92 valence electrons. The molecule has 16 heavy (non-hydrogen) atoms. The smallest absolute Gasteiger partial charge is 0.312 e. The Morgan fingerprint density at radius 2 is 1.69 bits per heavy atom. The zero-order valence-corrected chi connectivity index (χ0v) is 9.57. The van der Waals surface area contributed by atoms with Crippen LogP contribution in [0.2, 0.25) is 0 Å². The first-order chi connectivity index (χ1) is 7.61. The molecule has 0 radical (unpaired) electrons. The van der Waals surface area contributed by atoms with Crippen molar-refractivity contribution in [2.45, 2.75) is 50.5 Å². The van der Waals surface area contributed by atoms with Crippen LogP contribution in [0.1, 0.15) is 44.9 Å². The number of aliphatic hydroxyl groups is 1. The molecule has 0 amide bonds. The highest BCUT2D eigenvalue weighted by molar-refractivity contribution is 5.76. The summed E-state index contributed by atoms with van der Waals surface area (Å²) in [4.78, 5) is 11.5. The summed E-state index contributed by atoms with van der Waals surface area (Å²) < 4.78 is 5.32. The van der Waals surface area contributed by atoms with Gasteiger partial charge in [-0.25, -0.2) is 0 Å². The van der Waals surface area contributed by atoms with Crippen LogP contribution in [0.15, 0.2) is 0 Å². The second-order valence-electron chi connectivity index (χ2n) is 5.09. The normalized spacial score (nSPS) is 34.6. The van der Waals surface area contributed by atoms with Gasteiger partial charge < -0.3 is 14.9 Å². The summed E-state index contributed by atoms with van der Waals surface area (Å²) in [5.74, 6) is -0.825. The Morgan fingerprint density at radius 3 is 2.31 bits per heavy atom. The summed E-state index contributed by atoms with van der Waals surface area (Å²) in [6, 6.07) is 0. The molecule has 0 aromatic heterocycles. The van der Waals surface area contributed by atoms with Crippen molar-refractivity contribution in [3.05, 3.63) is 0 Å². The number of hydrogen-bond acceptors (Lipinski definition) is 3. The van der Waals surface area contributed by atoms with Gasteiger partial charge in [0.1, 0.15) is 0 Å². The lowest BCUT2D eigenvalue weighted by molar-refractivity contribution is -0.171. The van der Waals surface area contributed by atoms with Crippen molar-refractivity contribution in [3.63, 3.8) is 0 Å². The highest BCUT2D eigenvalue weighted by Crippen LogP contribution is 2.50. The van der Waals surface area contributed by atoms with Gasteiger partial charge in [0.25, 0.3) is 0 Å². The molecular formula is C12H20O4. The highest BCUT2D eigenvalue weighted by atomic mass is 16.5. The van der Waals surface area contributed by atoms with E-state index in [1.54, 1.807) is 0 Å². The predicted octanol–water partition coefficient (Wildman–Crippen LogP) is 1.56. The third kappa shape index (κ3) is 1.74. The van der Waals surface area contributed by atoms with E-state index < -0.39 is 17.0 Å². The number of carboxylic acid groups (broad SMARTS) is 1. The van der Waals surface area contributed by atoms with Crippen molar-refractivity contribution in [1.29, 1.82) is 0 Å². The molecule has 4 nitrogen and oxygen atoms in total. The fraction of sp³-hybridized carbons (Fsp3) is 0.917. The standard InChI is InChI=1S/C12H20O4/c13-10(14)11(4-1-2-5-11)12(15)6-3-8-16-9-7-12/h15H,1-9H2,(H,13,14). The van der Waals surface area contributed by atoms with Crippen LogP contribution in [0.3, 0.4) is 0 Å². The summed E-state index contributed by atoms with van der Waals surface area (Å²) in [6.45, 7) is 1.11. The van der Waals surface area contributed by atoms with Crippen molar-refractivity contribution < 1.29 is 19.7 Å². The summed E-state index contributed by atoms with van der Waals surface area (Å²) in [7, 11) is 0. The maximum atomic E-state index is 11.5. The van der Waals surface area contributed by atoms with Crippen molar-refractivity contribution in [3.8, 4) is 0 Å². The van der Waals surface area contributed by atoms with Crippen LogP contribution in [0.5, 0.6) is 0 Å². The molecule has 2 aliphatic rings. The van der Waals surface area contributed by atoms with Gasteiger partial charge in [-0.2, -0.15) is 0 Å². The first kappa shape index (κ1) is 11.9. The minimum Gasteiger partial charge on any atom is -0.481 e. The average Bonchev–Trinajstić information content (AvgIpc) is 2.65. The van der Waals surface area contributed by atoms with E-state index in [0.29, 0.717) is 38.9 Å². The molecule has 0 aromatic carbocycles. The van der Waals surface area contributed by atoms with E-state index in [0.717, 1.165) is 19.3 Å². The maximum absolute atomic E-state index is 11.5. The van der Waals surface area contributed by atoms with Gasteiger partial charge in [0.15, 0.2) is 0 Å². The zero-order chi connectivity index (χ0) is 11.6. The van der Waals surface area contributed by atoms with E-state index in [2.05, 4.69) is 0 Å². The Labute approximate surface area is 95.6 Å². The summed E-state index contributed by atoms with van der Waals surface area (Å²) in [5, 5.41) is 20.2. The topological polar surface area (TPSA) is 66.8 Å². The highest BCUT2D eigenvalue weighted by Gasteiger charge is 2.56. The van der Waals surface area contributed by atoms with Gasteiger partial charge >= 0.3 is 5.97 Å². The number of carboxylic acids is 1. The second-order valence-corrected chi connectivity index (χ2v) is 5.09. The van der Waals surface area contributed by atoms with E-state index >= 15 is 0 Å². The molecule has 0 bridgehead atoms. The Balaban J connectivity index is 2.26. The Kier molecular flexibility index (Phi) is 3.22. The fourth-order valence-corrected chi connectivity index (χ4v) is 3.27. The molecule has 1 aliphatic heterocycles. The lowest BCUT2D eigenvalue weighted by Crippen LogP contribution is -2.52. The Hall–Kier alpha value is -0.610. The third-order valence-electron chi connectivity index (χ3n) is 4.30. The van der Waals surface area contributed by atoms with Crippen LogP contribution in [0.25, 0.3) is 0 Å². The van der Waals surface area contributed by atoms with Gasteiger partial charge in [-0.15, -0.1) is 0 Å². The molecule has 0 aromatic rings. The number of hydrogen-bond donors (Lipinski definition) is 2. The third-order valence-corrected chi connectivity index (χ3v) is 4.30. The quantitative estimate of drug-likeness (QED) is 0.752. The number of rotatable bonds is 2. The largest absolute Gasteiger partial charge is 0.481 e. The second kappa shape index (κ2) is 4.34. The molecule has 4 heteroatoms. The van der Waals surface area contributed by atoms with Gasteiger partial charge in [-0.3, -0.25) is 4.79 Å². The van der Waals surface area contributed by atoms with Crippen molar-refractivity contribution >= 4 is 5.97 Å². The molecular weight excluding hydrogens is 208 g/mol. The lowest BCUT2D eigenvalue weighted by Gasteiger charge is -2.41. The van der Waals surface area contributed by atoms with Crippen LogP contribution >= 0.6 is 0 Å². The molecule has 1 atom stereocenters. The SMILES string of the molecule is O=C(O)C1(C2(O)CCCOCC2)CCCC1. The number of carbonyl (C=O) groups is 1. The van der Waals surface area contributed by atoms with E-state index in [1.807, 2.05) is 0 Å². The fourth-order valence-electron chi connectivity index (χ4n) is 3.27. The first-order valence-electron chi connectivity index (χ1n) is 6.14. The Bertz CT molecular complexity index is 260. The Morgan fingerprint density at radius 1 is 1.00 bits per heavy atom. The molecule has 1 aliphatic carbocycles. The average molecular weight is 228 g/mol. The minimum absolute atomic E-state index is 0.458. The predicted molar refractivity (Wildman–Crippen MR) is 58.2 cm³/mol. The number of ether oxygens (including phenoxy) is 1. The van der Waals surface area contributed by atoms with Gasteiger partial charge in [-0.05, 0) is 25.7 Å². The van der Waals surface area contributed by atoms with Gasteiger partial charge in [0.2, 0.25) is 0 Å². The van der Waals surface area contributed by atoms with Crippen LogP contribution in [-0.2, 0) is 9.53 Å². The molecule has 1 saturated carbocycles. The molecule has 2 fully saturated rings.